The average Bonchev–Trinajstić information content (AvgIpc) is 3.46. The Kier molecular flexibility index (Phi) is 4.10. The van der Waals surface area contributed by atoms with Gasteiger partial charge in [-0.25, -0.2) is 24.3 Å². The van der Waals surface area contributed by atoms with E-state index in [1.807, 2.05) is 38.3 Å². The van der Waals surface area contributed by atoms with Gasteiger partial charge in [0.25, 0.3) is 5.56 Å². The summed E-state index contributed by atoms with van der Waals surface area (Å²) in [6.45, 7) is 3.12. The molecule has 0 bridgehead atoms. The zero-order valence-corrected chi connectivity index (χ0v) is 15.8. The van der Waals surface area contributed by atoms with Crippen molar-refractivity contribution >= 4 is 22.8 Å². The first kappa shape index (κ1) is 17.2. The Morgan fingerprint density at radius 1 is 1.31 bits per heavy atom. The number of thioether (sulfide) groups is 1. The van der Waals surface area contributed by atoms with Crippen molar-refractivity contribution in [3.05, 3.63) is 40.4 Å². The highest BCUT2D eigenvalue weighted by molar-refractivity contribution is 7.98. The molecular formula is C18H20FN5OS. The van der Waals surface area contributed by atoms with Crippen LogP contribution in [0.3, 0.4) is 0 Å². The summed E-state index contributed by atoms with van der Waals surface area (Å²) in [7, 11) is 0. The topological polar surface area (TPSA) is 65.6 Å². The molecule has 0 amide bonds. The van der Waals surface area contributed by atoms with Crippen LogP contribution in [-0.2, 0) is 5.41 Å². The second kappa shape index (κ2) is 6.19. The van der Waals surface area contributed by atoms with Crippen LogP contribution in [0.15, 0.2) is 34.3 Å². The molecule has 3 aromatic heterocycles. The minimum absolute atomic E-state index is 0.105. The van der Waals surface area contributed by atoms with Crippen molar-refractivity contribution in [2.45, 2.75) is 43.3 Å². The van der Waals surface area contributed by atoms with Gasteiger partial charge in [-0.15, -0.1) is 0 Å². The Morgan fingerprint density at radius 3 is 2.73 bits per heavy atom. The summed E-state index contributed by atoms with van der Waals surface area (Å²) in [5.74, 6) is 0.578. The van der Waals surface area contributed by atoms with Gasteiger partial charge in [0.05, 0.1) is 11.7 Å². The molecule has 1 saturated carbocycles. The Morgan fingerprint density at radius 2 is 2.08 bits per heavy atom. The lowest BCUT2D eigenvalue weighted by molar-refractivity contribution is 0.344. The van der Waals surface area contributed by atoms with Crippen LogP contribution in [0.4, 0.5) is 4.39 Å². The van der Waals surface area contributed by atoms with E-state index in [1.165, 1.54) is 11.8 Å². The normalized spacial score (nSPS) is 14.9. The van der Waals surface area contributed by atoms with Crippen LogP contribution in [0.1, 0.15) is 38.4 Å². The summed E-state index contributed by atoms with van der Waals surface area (Å²) in [4.78, 5) is 26.4. The smallest absolute Gasteiger partial charge is 0.267 e. The largest absolute Gasteiger partial charge is 0.278 e. The molecule has 0 aromatic carbocycles. The quantitative estimate of drug-likeness (QED) is 0.507. The molecule has 1 aliphatic rings. The molecule has 0 saturated heterocycles. The van der Waals surface area contributed by atoms with Crippen molar-refractivity contribution in [2.24, 2.45) is 0 Å². The van der Waals surface area contributed by atoms with Gasteiger partial charge in [-0.2, -0.15) is 0 Å². The highest BCUT2D eigenvalue weighted by Gasteiger charge is 2.31. The summed E-state index contributed by atoms with van der Waals surface area (Å²) >= 11 is 1.42. The number of hydrogen-bond donors (Lipinski definition) is 0. The molecule has 1 aliphatic carbocycles. The fourth-order valence-electron chi connectivity index (χ4n) is 2.94. The van der Waals surface area contributed by atoms with Crippen LogP contribution in [-0.4, -0.2) is 37.2 Å². The third-order valence-corrected chi connectivity index (χ3v) is 5.22. The Bertz CT molecular complexity index is 1040. The second-order valence-corrected chi connectivity index (χ2v) is 7.96. The fraction of sp³-hybridized carbons (Fsp3) is 0.444. The lowest BCUT2D eigenvalue weighted by atomic mass is 9.90. The zero-order valence-electron chi connectivity index (χ0n) is 14.9. The van der Waals surface area contributed by atoms with Gasteiger partial charge in [0.2, 0.25) is 0 Å². The van der Waals surface area contributed by atoms with Crippen LogP contribution in [0.2, 0.25) is 0 Å². The molecule has 6 nitrogen and oxygen atoms in total. The van der Waals surface area contributed by atoms with E-state index in [9.17, 15) is 9.18 Å². The first-order chi connectivity index (χ1) is 12.5. The van der Waals surface area contributed by atoms with E-state index >= 15 is 0 Å². The summed E-state index contributed by atoms with van der Waals surface area (Å²) in [6.07, 6.45) is 5.38. The molecule has 3 aromatic rings. The van der Waals surface area contributed by atoms with Gasteiger partial charge in [-0.1, -0.05) is 31.7 Å². The number of halogens is 1. The second-order valence-electron chi connectivity index (χ2n) is 7.19. The lowest BCUT2D eigenvalue weighted by Gasteiger charge is -2.21. The van der Waals surface area contributed by atoms with Crippen molar-refractivity contribution < 1.29 is 4.39 Å². The number of aromatic nitrogens is 5. The molecule has 26 heavy (non-hydrogen) atoms. The third-order valence-electron chi connectivity index (χ3n) is 4.66. The van der Waals surface area contributed by atoms with Crippen LogP contribution in [0, 0.1) is 0 Å². The monoisotopic (exact) mass is 373 g/mol. The highest BCUT2D eigenvalue weighted by Crippen LogP contribution is 2.35. The Balaban J connectivity index is 2.00. The molecule has 0 radical (unpaired) electrons. The number of pyridine rings is 1. The van der Waals surface area contributed by atoms with E-state index in [4.69, 9.17) is 0 Å². The molecule has 0 N–H and O–H groups in total. The molecule has 0 aliphatic heterocycles. The van der Waals surface area contributed by atoms with E-state index in [-0.39, 0.29) is 11.6 Å². The molecule has 136 valence electrons. The van der Waals surface area contributed by atoms with E-state index < -0.39 is 12.1 Å². The minimum Gasteiger partial charge on any atom is -0.267 e. The number of hydrogen-bond acceptors (Lipinski definition) is 5. The standard InChI is InChI=1S/C18H20FN5OS/c1-18(2,10-19)13-5-4-6-14(21-13)24-15-12(9-20-17(22-15)26-3)16(25)23(24)11-7-8-11/h4-6,9,11H,7-8,10H2,1-3H3. The maximum absolute atomic E-state index is 13.4. The van der Waals surface area contributed by atoms with Crippen LogP contribution in [0.5, 0.6) is 0 Å². The third kappa shape index (κ3) is 2.72. The van der Waals surface area contributed by atoms with Gasteiger partial charge >= 0.3 is 0 Å². The number of fused-ring (bicyclic) bond motifs is 1. The number of alkyl halides is 1. The van der Waals surface area contributed by atoms with Gasteiger partial charge in [0.1, 0.15) is 12.1 Å². The van der Waals surface area contributed by atoms with Crippen LogP contribution in [0.25, 0.3) is 16.9 Å². The fourth-order valence-corrected chi connectivity index (χ4v) is 3.27. The summed E-state index contributed by atoms with van der Waals surface area (Å²) in [5, 5.41) is 1.08. The molecule has 1 fully saturated rings. The van der Waals surface area contributed by atoms with Crippen molar-refractivity contribution in [2.75, 3.05) is 12.9 Å². The maximum Gasteiger partial charge on any atom is 0.278 e. The lowest BCUT2D eigenvalue weighted by Crippen LogP contribution is -2.24. The zero-order chi connectivity index (χ0) is 18.5. The molecule has 8 heteroatoms. The van der Waals surface area contributed by atoms with E-state index in [0.29, 0.717) is 27.7 Å². The van der Waals surface area contributed by atoms with Gasteiger partial charge in [-0.3, -0.25) is 9.18 Å². The molecule has 4 rings (SSSR count). The first-order valence-electron chi connectivity index (χ1n) is 8.54. The van der Waals surface area contributed by atoms with Crippen LogP contribution >= 0.6 is 11.8 Å². The Labute approximate surface area is 154 Å². The highest BCUT2D eigenvalue weighted by atomic mass is 32.2. The maximum atomic E-state index is 13.4. The van der Waals surface area contributed by atoms with Crippen molar-refractivity contribution in [1.29, 1.82) is 0 Å². The molecular weight excluding hydrogens is 353 g/mol. The van der Waals surface area contributed by atoms with Gasteiger partial charge in [0, 0.05) is 11.6 Å². The van der Waals surface area contributed by atoms with Crippen molar-refractivity contribution in [3.8, 4) is 5.82 Å². The first-order valence-corrected chi connectivity index (χ1v) is 9.77. The summed E-state index contributed by atoms with van der Waals surface area (Å²) in [6, 6.07) is 5.64. The molecule has 0 atom stereocenters. The molecule has 0 spiro atoms. The van der Waals surface area contributed by atoms with Gasteiger partial charge < -0.3 is 0 Å². The predicted molar refractivity (Wildman–Crippen MR) is 100.0 cm³/mol. The van der Waals surface area contributed by atoms with Crippen molar-refractivity contribution in [1.82, 2.24) is 24.3 Å². The number of nitrogens with zero attached hydrogens (tertiary/aromatic N) is 5. The molecule has 3 heterocycles. The average molecular weight is 373 g/mol. The van der Waals surface area contributed by atoms with Gasteiger partial charge in [-0.05, 0) is 31.2 Å². The van der Waals surface area contributed by atoms with Crippen molar-refractivity contribution in [3.63, 3.8) is 0 Å². The summed E-state index contributed by atoms with van der Waals surface area (Å²) < 4.78 is 16.9. The van der Waals surface area contributed by atoms with E-state index in [2.05, 4.69) is 15.0 Å². The van der Waals surface area contributed by atoms with Crippen LogP contribution < -0.4 is 5.56 Å². The van der Waals surface area contributed by atoms with E-state index in [1.54, 1.807) is 15.6 Å². The molecule has 0 unspecified atom stereocenters. The minimum atomic E-state index is -0.691. The Hall–Kier alpha value is -2.22. The SMILES string of the molecule is CSc1ncc2c(=O)n(C3CC3)n(-c3cccc(C(C)(C)CF)n3)c2n1. The number of rotatable bonds is 5. The predicted octanol–water partition coefficient (Wildman–Crippen LogP) is 3.28. The van der Waals surface area contributed by atoms with Gasteiger partial charge in [0.15, 0.2) is 16.6 Å². The summed E-state index contributed by atoms with van der Waals surface area (Å²) in [5.41, 5.74) is 0.396. The van der Waals surface area contributed by atoms with E-state index in [0.717, 1.165) is 12.8 Å².